The first kappa shape index (κ1) is 34.7. The Morgan fingerprint density at radius 1 is 0.941 bits per heavy atom. The molecule has 3 aromatic rings. The lowest BCUT2D eigenvalue weighted by Gasteiger charge is -2.39. The number of aliphatic hydroxyl groups is 1. The number of allylic oxidation sites excluding steroid dienone is 1. The number of hydrogen-bond donors (Lipinski definition) is 2. The van der Waals surface area contributed by atoms with Crippen LogP contribution in [0, 0.1) is 11.8 Å². The molecular formula is C40H40ClN3O7. The van der Waals surface area contributed by atoms with E-state index in [0.717, 1.165) is 5.56 Å². The van der Waals surface area contributed by atoms with E-state index in [1.165, 1.54) is 9.80 Å². The minimum atomic E-state index is -1.52. The van der Waals surface area contributed by atoms with Crippen LogP contribution in [0.4, 0.5) is 5.69 Å². The van der Waals surface area contributed by atoms with Gasteiger partial charge in [0.2, 0.25) is 11.8 Å². The maximum absolute atomic E-state index is 15.2. The molecule has 3 aromatic carbocycles. The van der Waals surface area contributed by atoms with Gasteiger partial charge in [-0.05, 0) is 43.0 Å². The third kappa shape index (κ3) is 6.37. The molecule has 2 fully saturated rings. The number of rotatable bonds is 6. The summed E-state index contributed by atoms with van der Waals surface area (Å²) in [6.45, 7) is 1.42. The van der Waals surface area contributed by atoms with Crippen LogP contribution in [-0.2, 0) is 35.1 Å². The zero-order valence-electron chi connectivity index (χ0n) is 28.1. The van der Waals surface area contributed by atoms with E-state index in [1.54, 1.807) is 49.4 Å². The van der Waals surface area contributed by atoms with Crippen molar-refractivity contribution in [1.29, 1.82) is 0 Å². The second-order valence-electron chi connectivity index (χ2n) is 13.5. The lowest BCUT2D eigenvalue weighted by atomic mass is 9.74. The van der Waals surface area contributed by atoms with Crippen molar-refractivity contribution in [3.8, 4) is 0 Å². The number of nitrogens with one attached hydrogen (secondary N) is 1. The van der Waals surface area contributed by atoms with Crippen molar-refractivity contribution < 1.29 is 33.8 Å². The molecule has 11 heteroatoms. The quantitative estimate of drug-likeness (QED) is 0.284. The van der Waals surface area contributed by atoms with Gasteiger partial charge in [0, 0.05) is 13.0 Å². The minimum Gasteiger partial charge on any atom is -0.455 e. The van der Waals surface area contributed by atoms with Crippen molar-refractivity contribution in [3.05, 3.63) is 125 Å². The smallest absolute Gasteiger partial charge is 0.313 e. The van der Waals surface area contributed by atoms with Crippen LogP contribution in [0.2, 0.25) is 5.02 Å². The second kappa shape index (κ2) is 14.5. The molecule has 2 N–H and O–H groups in total. The lowest BCUT2D eigenvalue weighted by molar-refractivity contribution is -0.161. The highest BCUT2D eigenvalue weighted by molar-refractivity contribution is 6.34. The molecule has 7 rings (SSSR count). The second-order valence-corrected chi connectivity index (χ2v) is 13.9. The van der Waals surface area contributed by atoms with Crippen LogP contribution in [0.1, 0.15) is 37.0 Å². The number of anilines is 1. The number of amides is 3. The SMILES string of the molecule is C[C@H]1NC(=O)CC/C=C\CN(c2ccccc2Cl)C(=O)[C@@H]2N([C@@H](CO)Cc3ccccc3)C(=O)[C@H]3[C@H](C(=O)O[C@@H]1c1ccccc1)[C@@H]1C=C[C@]23O1. The predicted molar refractivity (Wildman–Crippen MR) is 190 cm³/mol. The Morgan fingerprint density at radius 2 is 1.65 bits per heavy atom. The van der Waals surface area contributed by atoms with Crippen molar-refractivity contribution in [2.24, 2.45) is 11.8 Å². The molecule has 264 valence electrons. The standard InChI is InChI=1S/C40H40ClN3O7/c1-25-35(27-15-7-3-8-16-27)50-39(49)33-31-20-21-40(51-31)34(33)37(47)44(28(24-45)23-26-13-5-2-6-14-26)36(40)38(48)43(30-18-11-10-17-29(30)41)22-12-4-9-19-32(46)42-25/h2-8,10-18,20-21,25,28,31,33-36,45H,9,19,22-24H2,1H3,(H,42,46)/b12-4-/t25-,28-,31+,33-,34-,35+,36+,40-/m1/s1. The predicted octanol–water partition coefficient (Wildman–Crippen LogP) is 4.57. The summed E-state index contributed by atoms with van der Waals surface area (Å²) in [6.07, 6.45) is 6.20. The number of carbonyl (C=O) groups is 4. The van der Waals surface area contributed by atoms with E-state index in [0.29, 0.717) is 22.7 Å². The zero-order valence-corrected chi connectivity index (χ0v) is 28.9. The molecule has 4 heterocycles. The van der Waals surface area contributed by atoms with Gasteiger partial charge in [0.15, 0.2) is 0 Å². The largest absolute Gasteiger partial charge is 0.455 e. The van der Waals surface area contributed by atoms with E-state index in [9.17, 15) is 19.5 Å². The molecule has 4 aliphatic heterocycles. The topological polar surface area (TPSA) is 125 Å². The van der Waals surface area contributed by atoms with Crippen LogP contribution in [0.15, 0.2) is 109 Å². The number of halogens is 1. The Morgan fingerprint density at radius 3 is 2.37 bits per heavy atom. The van der Waals surface area contributed by atoms with Gasteiger partial charge in [-0.25, -0.2) is 0 Å². The number of benzene rings is 3. The summed E-state index contributed by atoms with van der Waals surface area (Å²) in [5.41, 5.74) is 0.444. The van der Waals surface area contributed by atoms with Gasteiger partial charge < -0.3 is 29.7 Å². The van der Waals surface area contributed by atoms with Crippen LogP contribution in [-0.4, -0.2) is 76.7 Å². The van der Waals surface area contributed by atoms with E-state index < -0.39 is 72.2 Å². The summed E-state index contributed by atoms with van der Waals surface area (Å²) in [6, 6.07) is 22.8. The highest BCUT2D eigenvalue weighted by Crippen LogP contribution is 2.56. The zero-order chi connectivity index (χ0) is 35.7. The van der Waals surface area contributed by atoms with Gasteiger partial charge in [0.25, 0.3) is 5.91 Å². The number of esters is 1. The summed E-state index contributed by atoms with van der Waals surface area (Å²) in [5.74, 6) is -4.06. The Balaban J connectivity index is 1.35. The number of nitrogens with zero attached hydrogens (tertiary/aromatic N) is 2. The molecule has 3 amide bonds. The highest BCUT2D eigenvalue weighted by atomic mass is 35.5. The van der Waals surface area contributed by atoms with Gasteiger partial charge in [0.05, 0.1) is 41.4 Å². The Kier molecular flexibility index (Phi) is 9.83. The maximum Gasteiger partial charge on any atom is 0.313 e. The first-order valence-corrected chi connectivity index (χ1v) is 17.7. The number of hydrogen-bond acceptors (Lipinski definition) is 7. The number of para-hydroxylation sites is 1. The Labute approximate surface area is 301 Å². The first-order chi connectivity index (χ1) is 24.7. The molecule has 4 aliphatic rings. The van der Waals surface area contributed by atoms with Crippen LogP contribution < -0.4 is 10.2 Å². The number of carbonyl (C=O) groups excluding carboxylic acids is 4. The first-order valence-electron chi connectivity index (χ1n) is 17.3. The Bertz CT molecular complexity index is 1850. The normalized spacial score (nSPS) is 30.6. The number of likely N-dealkylation sites (tertiary alicyclic amines) is 1. The van der Waals surface area contributed by atoms with Crippen LogP contribution in [0.3, 0.4) is 0 Å². The molecule has 0 unspecified atom stereocenters. The minimum absolute atomic E-state index is 0.0804. The van der Waals surface area contributed by atoms with Crippen molar-refractivity contribution in [1.82, 2.24) is 10.2 Å². The highest BCUT2D eigenvalue weighted by Gasteiger charge is 2.74. The number of aliphatic hydroxyl groups excluding tert-OH is 1. The van der Waals surface area contributed by atoms with Gasteiger partial charge in [-0.2, -0.15) is 0 Å². The Hall–Kier alpha value is -4.77. The molecule has 0 radical (unpaired) electrons. The van der Waals surface area contributed by atoms with Gasteiger partial charge in [-0.15, -0.1) is 0 Å². The van der Waals surface area contributed by atoms with E-state index in [4.69, 9.17) is 21.1 Å². The van der Waals surface area contributed by atoms with E-state index in [1.807, 2.05) is 66.7 Å². The fourth-order valence-electron chi connectivity index (χ4n) is 8.03. The van der Waals surface area contributed by atoms with Gasteiger partial charge in [-0.1, -0.05) is 109 Å². The molecule has 0 aromatic heterocycles. The molecular weight excluding hydrogens is 670 g/mol. The fraction of sp³-hybridized carbons (Fsp3) is 0.350. The number of cyclic esters (lactones) is 1. The molecule has 1 spiro atoms. The molecule has 5 bridgehead atoms. The molecule has 8 atom stereocenters. The average Bonchev–Trinajstić information content (AvgIpc) is 3.79. The van der Waals surface area contributed by atoms with Crippen molar-refractivity contribution in [2.75, 3.05) is 18.1 Å². The van der Waals surface area contributed by atoms with E-state index in [2.05, 4.69) is 5.32 Å². The van der Waals surface area contributed by atoms with E-state index >= 15 is 4.79 Å². The van der Waals surface area contributed by atoms with Crippen molar-refractivity contribution >= 4 is 41.0 Å². The third-order valence-electron chi connectivity index (χ3n) is 10.4. The summed E-state index contributed by atoms with van der Waals surface area (Å²) < 4.78 is 12.9. The van der Waals surface area contributed by atoms with Crippen molar-refractivity contribution in [2.45, 2.75) is 62.1 Å². The molecule has 10 nitrogen and oxygen atoms in total. The summed E-state index contributed by atoms with van der Waals surface area (Å²) in [5, 5.41) is 14.2. The monoisotopic (exact) mass is 709 g/mol. The maximum atomic E-state index is 15.2. The molecule has 0 saturated carbocycles. The van der Waals surface area contributed by atoms with E-state index in [-0.39, 0.29) is 25.3 Å². The molecule has 0 aliphatic carbocycles. The number of ether oxygens (including phenoxy) is 2. The fourth-order valence-corrected chi connectivity index (χ4v) is 8.27. The van der Waals surface area contributed by atoms with Crippen molar-refractivity contribution in [3.63, 3.8) is 0 Å². The van der Waals surface area contributed by atoms with Gasteiger partial charge in [-0.3, -0.25) is 19.2 Å². The third-order valence-corrected chi connectivity index (χ3v) is 10.7. The van der Waals surface area contributed by atoms with Crippen LogP contribution in [0.5, 0.6) is 0 Å². The number of fused-ring (bicyclic) bond motifs is 2. The summed E-state index contributed by atoms with van der Waals surface area (Å²) >= 11 is 6.69. The average molecular weight is 710 g/mol. The van der Waals surface area contributed by atoms with Crippen LogP contribution >= 0.6 is 11.6 Å². The van der Waals surface area contributed by atoms with Gasteiger partial charge >= 0.3 is 5.97 Å². The van der Waals surface area contributed by atoms with Gasteiger partial charge in [0.1, 0.15) is 23.7 Å². The van der Waals surface area contributed by atoms with Crippen LogP contribution in [0.25, 0.3) is 0 Å². The molecule has 2 saturated heterocycles. The molecule has 51 heavy (non-hydrogen) atoms. The lowest BCUT2D eigenvalue weighted by Crippen LogP contribution is -2.59. The summed E-state index contributed by atoms with van der Waals surface area (Å²) in [7, 11) is 0. The summed E-state index contributed by atoms with van der Waals surface area (Å²) in [4.78, 5) is 60.5.